The third-order valence-corrected chi connectivity index (χ3v) is 3.15. The SMILES string of the molecule is Nc1ccc(-c2cncn2-c2ccccc2Cl)cn1. The van der Waals surface area contributed by atoms with Crippen LogP contribution < -0.4 is 5.73 Å². The van der Waals surface area contributed by atoms with Crippen molar-refractivity contribution in [2.24, 2.45) is 0 Å². The standard InChI is InChI=1S/C14H11ClN4/c15-11-3-1-2-4-12(11)19-9-17-8-13(19)10-5-6-14(16)18-7-10/h1-9H,(H2,16,18). The molecule has 0 aliphatic heterocycles. The van der Waals surface area contributed by atoms with E-state index in [-0.39, 0.29) is 0 Å². The molecular formula is C14H11ClN4. The summed E-state index contributed by atoms with van der Waals surface area (Å²) in [6, 6.07) is 11.3. The summed E-state index contributed by atoms with van der Waals surface area (Å²) in [7, 11) is 0. The zero-order chi connectivity index (χ0) is 13.2. The molecule has 0 unspecified atom stereocenters. The molecule has 0 amide bonds. The second-order valence-corrected chi connectivity index (χ2v) is 4.48. The molecule has 0 spiro atoms. The number of hydrogen-bond donors (Lipinski definition) is 1. The lowest BCUT2D eigenvalue weighted by molar-refractivity contribution is 1.06. The van der Waals surface area contributed by atoms with Crippen molar-refractivity contribution in [2.45, 2.75) is 0 Å². The van der Waals surface area contributed by atoms with Crippen LogP contribution in [-0.4, -0.2) is 14.5 Å². The Labute approximate surface area is 115 Å². The van der Waals surface area contributed by atoms with Gasteiger partial charge in [-0.05, 0) is 24.3 Å². The maximum Gasteiger partial charge on any atom is 0.123 e. The molecule has 3 aromatic rings. The van der Waals surface area contributed by atoms with E-state index in [9.17, 15) is 0 Å². The summed E-state index contributed by atoms with van der Waals surface area (Å²) in [4.78, 5) is 8.28. The minimum atomic E-state index is 0.493. The Balaban J connectivity index is 2.13. The van der Waals surface area contributed by atoms with Crippen molar-refractivity contribution in [2.75, 3.05) is 5.73 Å². The molecule has 2 aromatic heterocycles. The number of rotatable bonds is 2. The van der Waals surface area contributed by atoms with Crippen molar-refractivity contribution in [1.29, 1.82) is 0 Å². The molecule has 2 N–H and O–H groups in total. The van der Waals surface area contributed by atoms with Gasteiger partial charge in [0.2, 0.25) is 0 Å². The van der Waals surface area contributed by atoms with E-state index in [0.717, 1.165) is 16.9 Å². The maximum atomic E-state index is 6.22. The minimum absolute atomic E-state index is 0.493. The van der Waals surface area contributed by atoms with Crippen molar-refractivity contribution >= 4 is 17.4 Å². The van der Waals surface area contributed by atoms with Gasteiger partial charge in [-0.1, -0.05) is 23.7 Å². The highest BCUT2D eigenvalue weighted by Crippen LogP contribution is 2.26. The molecule has 0 saturated heterocycles. The van der Waals surface area contributed by atoms with Crippen LogP contribution >= 0.6 is 11.6 Å². The molecule has 4 nitrogen and oxygen atoms in total. The smallest absolute Gasteiger partial charge is 0.123 e. The molecule has 0 fully saturated rings. The topological polar surface area (TPSA) is 56.7 Å². The lowest BCUT2D eigenvalue weighted by Gasteiger charge is -2.09. The number of imidazole rings is 1. The van der Waals surface area contributed by atoms with Gasteiger partial charge >= 0.3 is 0 Å². The molecule has 1 aromatic carbocycles. The molecule has 3 rings (SSSR count). The molecule has 2 heterocycles. The monoisotopic (exact) mass is 270 g/mol. The van der Waals surface area contributed by atoms with Gasteiger partial charge in [-0.2, -0.15) is 0 Å². The van der Waals surface area contributed by atoms with Crippen LogP contribution in [0.1, 0.15) is 0 Å². The Morgan fingerprint density at radius 1 is 1.05 bits per heavy atom. The second kappa shape index (κ2) is 4.74. The number of anilines is 1. The van der Waals surface area contributed by atoms with E-state index in [2.05, 4.69) is 9.97 Å². The Hall–Kier alpha value is -2.33. The van der Waals surface area contributed by atoms with Gasteiger partial charge in [-0.25, -0.2) is 9.97 Å². The predicted molar refractivity (Wildman–Crippen MR) is 76.2 cm³/mol. The van der Waals surface area contributed by atoms with Crippen LogP contribution in [0.15, 0.2) is 55.1 Å². The molecule has 19 heavy (non-hydrogen) atoms. The van der Waals surface area contributed by atoms with Gasteiger partial charge in [0.1, 0.15) is 5.82 Å². The molecule has 0 aliphatic carbocycles. The van der Waals surface area contributed by atoms with Crippen LogP contribution in [0, 0.1) is 0 Å². The van der Waals surface area contributed by atoms with E-state index >= 15 is 0 Å². The Morgan fingerprint density at radius 2 is 1.89 bits per heavy atom. The summed E-state index contributed by atoms with van der Waals surface area (Å²) in [6.45, 7) is 0. The van der Waals surface area contributed by atoms with Crippen molar-refractivity contribution in [3.05, 3.63) is 60.1 Å². The quantitative estimate of drug-likeness (QED) is 0.778. The van der Waals surface area contributed by atoms with E-state index in [1.165, 1.54) is 0 Å². The predicted octanol–water partition coefficient (Wildman–Crippen LogP) is 3.17. The second-order valence-electron chi connectivity index (χ2n) is 4.07. The summed E-state index contributed by atoms with van der Waals surface area (Å²) in [5.74, 6) is 0.493. The Bertz CT molecular complexity index is 703. The number of hydrogen-bond acceptors (Lipinski definition) is 3. The van der Waals surface area contributed by atoms with Crippen molar-refractivity contribution in [3.63, 3.8) is 0 Å². The van der Waals surface area contributed by atoms with E-state index in [4.69, 9.17) is 17.3 Å². The van der Waals surface area contributed by atoms with E-state index in [1.807, 2.05) is 34.9 Å². The average molecular weight is 271 g/mol. The normalized spacial score (nSPS) is 10.6. The van der Waals surface area contributed by atoms with E-state index in [1.54, 1.807) is 24.8 Å². The number of nitrogens with zero attached hydrogens (tertiary/aromatic N) is 3. The first kappa shape index (κ1) is 11.7. The fourth-order valence-corrected chi connectivity index (χ4v) is 2.13. The molecule has 0 saturated carbocycles. The van der Waals surface area contributed by atoms with Gasteiger partial charge in [-0.3, -0.25) is 4.57 Å². The first-order valence-corrected chi connectivity index (χ1v) is 6.12. The highest BCUT2D eigenvalue weighted by Gasteiger charge is 2.09. The molecule has 0 radical (unpaired) electrons. The zero-order valence-electron chi connectivity index (χ0n) is 9.99. The zero-order valence-corrected chi connectivity index (χ0v) is 10.7. The fourth-order valence-electron chi connectivity index (χ4n) is 1.90. The van der Waals surface area contributed by atoms with E-state index in [0.29, 0.717) is 10.8 Å². The van der Waals surface area contributed by atoms with E-state index < -0.39 is 0 Å². The molecule has 94 valence electrons. The van der Waals surface area contributed by atoms with Gasteiger partial charge < -0.3 is 5.73 Å². The van der Waals surface area contributed by atoms with Crippen molar-refractivity contribution < 1.29 is 0 Å². The van der Waals surface area contributed by atoms with Crippen LogP contribution in [0.25, 0.3) is 16.9 Å². The minimum Gasteiger partial charge on any atom is -0.384 e. The molecule has 5 heteroatoms. The first-order valence-electron chi connectivity index (χ1n) is 5.75. The number of para-hydroxylation sites is 1. The number of halogens is 1. The Kier molecular flexibility index (Phi) is 2.93. The summed E-state index contributed by atoms with van der Waals surface area (Å²) < 4.78 is 1.93. The Morgan fingerprint density at radius 3 is 2.63 bits per heavy atom. The lowest BCUT2D eigenvalue weighted by atomic mass is 10.2. The van der Waals surface area contributed by atoms with Crippen molar-refractivity contribution in [1.82, 2.24) is 14.5 Å². The molecule has 0 atom stereocenters. The maximum absolute atomic E-state index is 6.22. The summed E-state index contributed by atoms with van der Waals surface area (Å²) in [5.41, 5.74) is 8.34. The third kappa shape index (κ3) is 2.18. The lowest BCUT2D eigenvalue weighted by Crippen LogP contribution is -1.97. The number of nitrogens with two attached hydrogens (primary N) is 1. The van der Waals surface area contributed by atoms with Crippen LogP contribution in [-0.2, 0) is 0 Å². The van der Waals surface area contributed by atoms with Crippen LogP contribution in [0.5, 0.6) is 0 Å². The summed E-state index contributed by atoms with van der Waals surface area (Å²) in [5, 5.41) is 0.671. The highest BCUT2D eigenvalue weighted by atomic mass is 35.5. The third-order valence-electron chi connectivity index (χ3n) is 2.83. The number of benzene rings is 1. The molecule has 0 bridgehead atoms. The van der Waals surface area contributed by atoms with Crippen LogP contribution in [0.4, 0.5) is 5.82 Å². The number of aromatic nitrogens is 3. The van der Waals surface area contributed by atoms with Gasteiger partial charge in [0.05, 0.1) is 28.9 Å². The fraction of sp³-hybridized carbons (Fsp3) is 0. The summed E-state index contributed by atoms with van der Waals surface area (Å²) in [6.07, 6.45) is 5.23. The largest absolute Gasteiger partial charge is 0.384 e. The molecular weight excluding hydrogens is 260 g/mol. The van der Waals surface area contributed by atoms with Crippen LogP contribution in [0.2, 0.25) is 5.02 Å². The number of nitrogen functional groups attached to an aromatic ring is 1. The molecule has 0 aliphatic rings. The first-order chi connectivity index (χ1) is 9.25. The van der Waals surface area contributed by atoms with Gasteiger partial charge in [0, 0.05) is 11.8 Å². The summed E-state index contributed by atoms with van der Waals surface area (Å²) >= 11 is 6.22. The van der Waals surface area contributed by atoms with Crippen molar-refractivity contribution in [3.8, 4) is 16.9 Å². The van der Waals surface area contributed by atoms with Crippen LogP contribution in [0.3, 0.4) is 0 Å². The van der Waals surface area contributed by atoms with Gasteiger partial charge in [-0.15, -0.1) is 0 Å². The average Bonchev–Trinajstić information content (AvgIpc) is 2.89. The van der Waals surface area contributed by atoms with Gasteiger partial charge in [0.15, 0.2) is 0 Å². The highest BCUT2D eigenvalue weighted by molar-refractivity contribution is 6.32. The number of pyridine rings is 1. The van der Waals surface area contributed by atoms with Gasteiger partial charge in [0.25, 0.3) is 0 Å².